The van der Waals surface area contributed by atoms with Crippen molar-refractivity contribution in [3.05, 3.63) is 62.2 Å². The number of pyridine rings is 1. The van der Waals surface area contributed by atoms with Gasteiger partial charge in [0.05, 0.1) is 15.6 Å². The molecule has 3 rings (SSSR count). The number of carbonyl (C=O) groups is 2. The fourth-order valence-electron chi connectivity index (χ4n) is 2.41. The first-order valence-electron chi connectivity index (χ1n) is 7.82. The summed E-state index contributed by atoms with van der Waals surface area (Å²) in [5, 5.41) is 4.49. The van der Waals surface area contributed by atoms with Gasteiger partial charge in [-0.05, 0) is 51.1 Å². The van der Waals surface area contributed by atoms with Gasteiger partial charge in [0.2, 0.25) is 5.78 Å². The second-order valence-electron chi connectivity index (χ2n) is 5.75. The molecule has 26 heavy (non-hydrogen) atoms. The van der Waals surface area contributed by atoms with Crippen molar-refractivity contribution in [1.29, 1.82) is 0 Å². The molecule has 0 radical (unpaired) electrons. The van der Waals surface area contributed by atoms with Crippen LogP contribution in [0.25, 0.3) is 5.82 Å². The quantitative estimate of drug-likeness (QED) is 0.488. The molecule has 0 aromatic carbocycles. The molecule has 0 bridgehead atoms. The molecule has 0 saturated carbocycles. The number of hydrogen-bond donors (Lipinski definition) is 0. The van der Waals surface area contributed by atoms with Crippen LogP contribution in [0.2, 0.25) is 5.02 Å². The van der Waals surface area contributed by atoms with E-state index in [0.717, 1.165) is 16.3 Å². The number of rotatable bonds is 5. The van der Waals surface area contributed by atoms with Crippen molar-refractivity contribution in [2.45, 2.75) is 20.8 Å². The van der Waals surface area contributed by atoms with Crippen LogP contribution in [0.3, 0.4) is 0 Å². The zero-order valence-electron chi connectivity index (χ0n) is 14.4. The maximum Gasteiger partial charge on any atom is 0.359 e. The minimum atomic E-state index is -0.750. The number of thiophene rings is 1. The van der Waals surface area contributed by atoms with Crippen LogP contribution in [0.15, 0.2) is 30.3 Å². The van der Waals surface area contributed by atoms with Crippen molar-refractivity contribution in [3.8, 4) is 5.82 Å². The third-order valence-corrected chi connectivity index (χ3v) is 4.95. The number of ether oxygens (including phenoxy) is 1. The molecule has 0 amide bonds. The minimum Gasteiger partial charge on any atom is -0.452 e. The monoisotopic (exact) mass is 389 g/mol. The van der Waals surface area contributed by atoms with E-state index < -0.39 is 5.97 Å². The minimum absolute atomic E-state index is 0.0492. The number of aryl methyl sites for hydroxylation is 3. The summed E-state index contributed by atoms with van der Waals surface area (Å²) in [6, 6.07) is 8.68. The highest BCUT2D eigenvalue weighted by Crippen LogP contribution is 2.19. The summed E-state index contributed by atoms with van der Waals surface area (Å²) >= 11 is 7.44. The Morgan fingerprint density at radius 2 is 1.96 bits per heavy atom. The molecule has 0 saturated heterocycles. The van der Waals surface area contributed by atoms with E-state index >= 15 is 0 Å². The molecule has 3 aromatic heterocycles. The van der Waals surface area contributed by atoms with Gasteiger partial charge in [-0.15, -0.1) is 11.3 Å². The maximum absolute atomic E-state index is 12.3. The highest BCUT2D eigenvalue weighted by atomic mass is 35.5. The lowest BCUT2D eigenvalue weighted by Crippen LogP contribution is -2.16. The second-order valence-corrected chi connectivity index (χ2v) is 7.44. The van der Waals surface area contributed by atoms with Gasteiger partial charge in [0.1, 0.15) is 0 Å². The zero-order valence-corrected chi connectivity index (χ0v) is 16.0. The highest BCUT2D eigenvalue weighted by Gasteiger charge is 2.19. The molecule has 0 fully saturated rings. The Bertz CT molecular complexity index is 993. The van der Waals surface area contributed by atoms with Crippen LogP contribution in [0.5, 0.6) is 0 Å². The smallest absolute Gasteiger partial charge is 0.359 e. The van der Waals surface area contributed by atoms with Gasteiger partial charge >= 0.3 is 5.97 Å². The second kappa shape index (κ2) is 7.39. The lowest BCUT2D eigenvalue weighted by atomic mass is 10.3. The third-order valence-electron chi connectivity index (χ3n) is 3.60. The van der Waals surface area contributed by atoms with E-state index in [2.05, 4.69) is 10.1 Å². The van der Waals surface area contributed by atoms with Gasteiger partial charge in [-0.2, -0.15) is 5.10 Å². The molecular formula is C18H16ClN3O3S. The van der Waals surface area contributed by atoms with Gasteiger partial charge < -0.3 is 4.74 Å². The topological polar surface area (TPSA) is 74.1 Å². The van der Waals surface area contributed by atoms with Crippen LogP contribution in [0, 0.1) is 20.8 Å². The molecule has 0 aliphatic heterocycles. The Kier molecular flexibility index (Phi) is 5.20. The van der Waals surface area contributed by atoms with Crippen LogP contribution >= 0.6 is 22.9 Å². The Hall–Kier alpha value is -2.51. The number of carbonyl (C=O) groups excluding carboxylic acids is 2. The summed E-state index contributed by atoms with van der Waals surface area (Å²) in [5.41, 5.74) is 1.66. The molecule has 3 aromatic rings. The summed E-state index contributed by atoms with van der Waals surface area (Å²) in [7, 11) is 0. The fraction of sp³-hybridized carbons (Fsp3) is 0.222. The Labute approximate surface area is 159 Å². The first-order chi connectivity index (χ1) is 12.3. The van der Waals surface area contributed by atoms with E-state index in [1.807, 2.05) is 32.9 Å². The Morgan fingerprint density at radius 1 is 1.19 bits per heavy atom. The number of Topliss-reactive ketones (excluding diaryl/α,β-unsaturated/α-hetero) is 1. The van der Waals surface area contributed by atoms with E-state index in [1.54, 1.807) is 22.9 Å². The molecule has 8 heteroatoms. The zero-order chi connectivity index (χ0) is 18.8. The molecule has 3 heterocycles. The van der Waals surface area contributed by atoms with Gasteiger partial charge in [-0.3, -0.25) is 4.79 Å². The van der Waals surface area contributed by atoms with Crippen molar-refractivity contribution < 1.29 is 14.3 Å². The predicted molar refractivity (Wildman–Crippen MR) is 99.5 cm³/mol. The molecule has 6 nitrogen and oxygen atoms in total. The summed E-state index contributed by atoms with van der Waals surface area (Å²) in [5.74, 6) is -0.561. The lowest BCUT2D eigenvalue weighted by molar-refractivity contribution is 0.0470. The summed E-state index contributed by atoms with van der Waals surface area (Å²) < 4.78 is 6.72. The molecule has 0 atom stereocenters. The number of esters is 1. The molecule has 0 spiro atoms. The van der Waals surface area contributed by atoms with E-state index in [1.165, 1.54) is 11.3 Å². The SMILES string of the molecule is Cc1cc(C)n(-c2ccc(Cl)c(C(=O)OCC(=O)c3ccc(C)s3)n2)n1. The maximum atomic E-state index is 12.3. The van der Waals surface area contributed by atoms with Crippen LogP contribution in [0.1, 0.15) is 36.4 Å². The van der Waals surface area contributed by atoms with E-state index in [4.69, 9.17) is 16.3 Å². The van der Waals surface area contributed by atoms with Crippen LogP contribution in [-0.4, -0.2) is 33.1 Å². The van der Waals surface area contributed by atoms with Crippen LogP contribution in [0.4, 0.5) is 0 Å². The first kappa shape index (κ1) is 18.3. The molecule has 0 aliphatic rings. The van der Waals surface area contributed by atoms with Gasteiger partial charge in [-0.1, -0.05) is 11.6 Å². The standard InChI is InChI=1S/C18H16ClN3O3S/c1-10-8-11(2)22(21-10)16-7-5-13(19)17(20-16)18(24)25-9-14(23)15-6-4-12(3)26-15/h4-8H,9H2,1-3H3. The fourth-order valence-corrected chi connectivity index (χ4v) is 3.38. The first-order valence-corrected chi connectivity index (χ1v) is 9.01. The summed E-state index contributed by atoms with van der Waals surface area (Å²) in [6.07, 6.45) is 0. The van der Waals surface area contributed by atoms with E-state index in [0.29, 0.717) is 10.7 Å². The average molecular weight is 390 g/mol. The van der Waals surface area contributed by atoms with Crippen molar-refractivity contribution >= 4 is 34.7 Å². The van der Waals surface area contributed by atoms with Crippen molar-refractivity contribution in [2.75, 3.05) is 6.61 Å². The number of ketones is 1. The Morgan fingerprint density at radius 3 is 2.58 bits per heavy atom. The van der Waals surface area contributed by atoms with Gasteiger partial charge in [-0.25, -0.2) is 14.5 Å². The van der Waals surface area contributed by atoms with Crippen molar-refractivity contribution in [2.24, 2.45) is 0 Å². The van der Waals surface area contributed by atoms with Gasteiger partial charge in [0.15, 0.2) is 18.1 Å². The summed E-state index contributed by atoms with van der Waals surface area (Å²) in [6.45, 7) is 5.30. The summed E-state index contributed by atoms with van der Waals surface area (Å²) in [4.78, 5) is 30.2. The number of hydrogen-bond acceptors (Lipinski definition) is 6. The largest absolute Gasteiger partial charge is 0.452 e. The average Bonchev–Trinajstić information content (AvgIpc) is 3.18. The van der Waals surface area contributed by atoms with Gasteiger partial charge in [0.25, 0.3) is 0 Å². The number of halogens is 1. The highest BCUT2D eigenvalue weighted by molar-refractivity contribution is 7.14. The van der Waals surface area contributed by atoms with Crippen molar-refractivity contribution in [3.63, 3.8) is 0 Å². The van der Waals surface area contributed by atoms with Crippen molar-refractivity contribution in [1.82, 2.24) is 14.8 Å². The lowest BCUT2D eigenvalue weighted by Gasteiger charge is -2.08. The van der Waals surface area contributed by atoms with Crippen LogP contribution < -0.4 is 0 Å². The molecule has 134 valence electrons. The Balaban J connectivity index is 1.77. The predicted octanol–water partition coefficient (Wildman–Crippen LogP) is 3.95. The van der Waals surface area contributed by atoms with Crippen LogP contribution in [-0.2, 0) is 4.74 Å². The van der Waals surface area contributed by atoms with E-state index in [9.17, 15) is 9.59 Å². The number of nitrogens with zero attached hydrogens (tertiary/aromatic N) is 3. The third kappa shape index (κ3) is 3.84. The van der Waals surface area contributed by atoms with Gasteiger partial charge in [0, 0.05) is 10.6 Å². The normalized spacial score (nSPS) is 10.8. The molecule has 0 N–H and O–H groups in total. The van der Waals surface area contributed by atoms with E-state index in [-0.39, 0.29) is 23.1 Å². The molecule has 0 unspecified atom stereocenters. The number of aromatic nitrogens is 3. The molecule has 0 aliphatic carbocycles. The molecular weight excluding hydrogens is 374 g/mol.